The first kappa shape index (κ1) is 26.5. The van der Waals surface area contributed by atoms with Gasteiger partial charge in [0.1, 0.15) is 11.9 Å². The van der Waals surface area contributed by atoms with Gasteiger partial charge in [-0.25, -0.2) is 0 Å². The standard InChI is InChI=1S/C26H27F3N4O3.H2/c1-16(2)23(32-25(35)26(27,28)29)24(17-7-5-4-6-8-17)36-20-10-11-21(18(13-20)14-30)31-19-9-12-22(34)33(3)15-19;/h4-16,23-24,30-31H,1-3H3,(H,32,35);1H/t23-,24+;/m0./s1. The summed E-state index contributed by atoms with van der Waals surface area (Å²) in [5, 5.41) is 13.0. The number of carbonyl (C=O) groups excluding carboxylic acids is 1. The quantitative estimate of drug-likeness (QED) is 0.351. The summed E-state index contributed by atoms with van der Waals surface area (Å²) in [6.07, 6.45) is -3.24. The van der Waals surface area contributed by atoms with E-state index in [9.17, 15) is 22.8 Å². The van der Waals surface area contributed by atoms with E-state index in [1.807, 2.05) is 0 Å². The molecule has 0 radical (unpaired) electrons. The van der Waals surface area contributed by atoms with Crippen LogP contribution < -0.4 is 20.9 Å². The lowest BCUT2D eigenvalue weighted by Crippen LogP contribution is -2.49. The van der Waals surface area contributed by atoms with Gasteiger partial charge in [0.2, 0.25) is 5.56 Å². The van der Waals surface area contributed by atoms with Gasteiger partial charge in [-0.05, 0) is 35.7 Å². The zero-order valence-electron chi connectivity index (χ0n) is 20.0. The molecule has 3 N–H and O–H groups in total. The van der Waals surface area contributed by atoms with Gasteiger partial charge in [-0.1, -0.05) is 44.2 Å². The molecule has 1 amide bonds. The molecule has 3 rings (SSSR count). The molecule has 1 heterocycles. The normalized spacial score (nSPS) is 13.1. The SMILES string of the molecule is CC(C)[C@H](NC(=O)C(F)(F)F)[C@H](Oc1ccc(Nc2ccc(=O)n(C)c2)c(C=N)c1)c1ccccc1.[HH]. The van der Waals surface area contributed by atoms with Crippen molar-refractivity contribution in [2.24, 2.45) is 13.0 Å². The van der Waals surface area contributed by atoms with E-state index in [0.717, 1.165) is 6.21 Å². The number of hydrogen-bond acceptors (Lipinski definition) is 5. The molecule has 0 saturated carbocycles. The van der Waals surface area contributed by atoms with Crippen molar-refractivity contribution in [3.05, 3.63) is 88.3 Å². The van der Waals surface area contributed by atoms with Crippen LogP contribution in [-0.2, 0) is 11.8 Å². The smallest absolute Gasteiger partial charge is 0.471 e. The number of ether oxygens (including phenoxy) is 1. The van der Waals surface area contributed by atoms with Crippen molar-refractivity contribution in [1.82, 2.24) is 9.88 Å². The Kier molecular flexibility index (Phi) is 8.18. The van der Waals surface area contributed by atoms with Crippen LogP contribution in [0.15, 0.2) is 71.7 Å². The van der Waals surface area contributed by atoms with Crippen molar-refractivity contribution in [1.29, 1.82) is 5.41 Å². The van der Waals surface area contributed by atoms with Crippen LogP contribution in [-0.4, -0.2) is 28.9 Å². The van der Waals surface area contributed by atoms with E-state index in [1.54, 1.807) is 81.7 Å². The molecule has 0 bridgehead atoms. The summed E-state index contributed by atoms with van der Waals surface area (Å²) in [6, 6.07) is 15.6. The molecule has 10 heteroatoms. The number of carbonyl (C=O) groups is 1. The number of aromatic nitrogens is 1. The first-order chi connectivity index (χ1) is 17.0. The topological polar surface area (TPSA) is 96.2 Å². The zero-order chi connectivity index (χ0) is 26.5. The molecule has 0 saturated heterocycles. The van der Waals surface area contributed by atoms with E-state index in [-0.39, 0.29) is 6.99 Å². The van der Waals surface area contributed by atoms with Crippen molar-refractivity contribution in [3.8, 4) is 5.75 Å². The molecule has 3 aromatic rings. The minimum atomic E-state index is -5.03. The average Bonchev–Trinajstić information content (AvgIpc) is 2.84. The zero-order valence-corrected chi connectivity index (χ0v) is 20.0. The van der Waals surface area contributed by atoms with Gasteiger partial charge in [0, 0.05) is 38.2 Å². The largest absolute Gasteiger partial charge is 0.484 e. The Morgan fingerprint density at radius 2 is 1.81 bits per heavy atom. The monoisotopic (exact) mass is 502 g/mol. The Balaban J connectivity index is 0.00000481. The van der Waals surface area contributed by atoms with Crippen LogP contribution in [0.5, 0.6) is 5.75 Å². The average molecular weight is 503 g/mol. The second kappa shape index (κ2) is 11.1. The number of alkyl halides is 3. The first-order valence-electron chi connectivity index (χ1n) is 11.2. The van der Waals surface area contributed by atoms with Crippen molar-refractivity contribution < 1.29 is 24.1 Å². The highest BCUT2D eigenvalue weighted by Crippen LogP contribution is 2.32. The van der Waals surface area contributed by atoms with Crippen molar-refractivity contribution in [2.75, 3.05) is 5.32 Å². The van der Waals surface area contributed by atoms with Gasteiger partial charge >= 0.3 is 12.1 Å². The Bertz CT molecular complexity index is 1280. The van der Waals surface area contributed by atoms with Crippen LogP contribution in [0.4, 0.5) is 24.5 Å². The third-order valence-corrected chi connectivity index (χ3v) is 5.53. The maximum absolute atomic E-state index is 13.0. The second-order valence-electron chi connectivity index (χ2n) is 8.58. The lowest BCUT2D eigenvalue weighted by atomic mass is 9.93. The van der Waals surface area contributed by atoms with E-state index >= 15 is 0 Å². The fraction of sp³-hybridized carbons (Fsp3) is 0.269. The molecule has 36 heavy (non-hydrogen) atoms. The molecular formula is C26H29F3N4O3. The number of nitrogens with zero attached hydrogens (tertiary/aromatic N) is 1. The molecule has 1 aromatic heterocycles. The number of benzene rings is 2. The molecule has 192 valence electrons. The summed E-state index contributed by atoms with van der Waals surface area (Å²) in [6.45, 7) is 3.40. The molecule has 0 aliphatic carbocycles. The van der Waals surface area contributed by atoms with Gasteiger partial charge in [0.15, 0.2) is 0 Å². The highest BCUT2D eigenvalue weighted by Gasteiger charge is 2.42. The van der Waals surface area contributed by atoms with Crippen LogP contribution in [0.3, 0.4) is 0 Å². The molecule has 2 atom stereocenters. The summed E-state index contributed by atoms with van der Waals surface area (Å²) >= 11 is 0. The predicted molar refractivity (Wildman–Crippen MR) is 134 cm³/mol. The third-order valence-electron chi connectivity index (χ3n) is 5.53. The Hall–Kier alpha value is -4.08. The van der Waals surface area contributed by atoms with Gasteiger partial charge in [-0.3, -0.25) is 9.59 Å². The van der Waals surface area contributed by atoms with Gasteiger partial charge in [0.05, 0.1) is 11.7 Å². The third kappa shape index (κ3) is 6.53. The minimum Gasteiger partial charge on any atom is -0.484 e. The minimum absolute atomic E-state index is 0. The van der Waals surface area contributed by atoms with Gasteiger partial charge in [0.25, 0.3) is 0 Å². The molecule has 0 aliphatic heterocycles. The maximum atomic E-state index is 13.0. The number of hydrogen-bond donors (Lipinski definition) is 3. The maximum Gasteiger partial charge on any atom is 0.471 e. The molecule has 2 aromatic carbocycles. The predicted octanol–water partition coefficient (Wildman–Crippen LogP) is 5.20. The molecule has 0 unspecified atom stereocenters. The van der Waals surface area contributed by atoms with Crippen LogP contribution in [0, 0.1) is 11.3 Å². The van der Waals surface area contributed by atoms with Crippen molar-refractivity contribution in [3.63, 3.8) is 0 Å². The molecule has 0 aliphatic rings. The number of pyridine rings is 1. The number of halogens is 3. The first-order valence-corrected chi connectivity index (χ1v) is 11.2. The molecule has 0 fully saturated rings. The van der Waals surface area contributed by atoms with E-state index in [0.29, 0.717) is 28.3 Å². The Morgan fingerprint density at radius 3 is 2.39 bits per heavy atom. The number of anilines is 2. The summed E-state index contributed by atoms with van der Waals surface area (Å²) in [7, 11) is 1.62. The number of amides is 1. The van der Waals surface area contributed by atoms with Gasteiger partial charge in [-0.2, -0.15) is 13.2 Å². The number of rotatable bonds is 9. The Labute approximate surface area is 207 Å². The second-order valence-corrected chi connectivity index (χ2v) is 8.58. The van der Waals surface area contributed by atoms with E-state index in [2.05, 4.69) is 10.6 Å². The van der Waals surface area contributed by atoms with Crippen LogP contribution in [0.1, 0.15) is 32.5 Å². The fourth-order valence-corrected chi connectivity index (χ4v) is 3.63. The van der Waals surface area contributed by atoms with Crippen molar-refractivity contribution >= 4 is 23.5 Å². The van der Waals surface area contributed by atoms with E-state index < -0.39 is 30.1 Å². The summed E-state index contributed by atoms with van der Waals surface area (Å²) in [5.74, 6) is -2.13. The Morgan fingerprint density at radius 1 is 1.11 bits per heavy atom. The van der Waals surface area contributed by atoms with Gasteiger partial charge < -0.3 is 25.3 Å². The van der Waals surface area contributed by atoms with Gasteiger partial charge in [-0.15, -0.1) is 0 Å². The number of aryl methyl sites for hydroxylation is 1. The van der Waals surface area contributed by atoms with Crippen LogP contribution >= 0.6 is 0 Å². The summed E-state index contributed by atoms with van der Waals surface area (Å²) in [4.78, 5) is 23.4. The fourth-order valence-electron chi connectivity index (χ4n) is 3.63. The van der Waals surface area contributed by atoms with Crippen LogP contribution in [0.25, 0.3) is 0 Å². The molecule has 0 spiro atoms. The van der Waals surface area contributed by atoms with E-state index in [4.69, 9.17) is 10.1 Å². The highest BCUT2D eigenvalue weighted by atomic mass is 19.4. The molecule has 7 nitrogen and oxygen atoms in total. The lowest BCUT2D eigenvalue weighted by Gasteiger charge is -2.32. The van der Waals surface area contributed by atoms with Crippen LogP contribution in [0.2, 0.25) is 0 Å². The summed E-state index contributed by atoms with van der Waals surface area (Å²) < 4.78 is 46.7. The number of nitrogens with one attached hydrogen (secondary N) is 3. The highest BCUT2D eigenvalue weighted by molar-refractivity contribution is 5.88. The lowest BCUT2D eigenvalue weighted by molar-refractivity contribution is -0.175. The van der Waals surface area contributed by atoms with Crippen molar-refractivity contribution in [2.45, 2.75) is 32.2 Å². The summed E-state index contributed by atoms with van der Waals surface area (Å²) in [5.41, 5.74) is 2.07. The molecular weight excluding hydrogens is 473 g/mol. The van der Waals surface area contributed by atoms with E-state index in [1.165, 1.54) is 10.6 Å².